The van der Waals surface area contributed by atoms with Crippen LogP contribution in [0.2, 0.25) is 0 Å². The van der Waals surface area contributed by atoms with Crippen molar-refractivity contribution in [2.75, 3.05) is 11.9 Å². The molecule has 2 N–H and O–H groups in total. The first-order valence-electron chi connectivity index (χ1n) is 13.8. The van der Waals surface area contributed by atoms with E-state index in [1.165, 1.54) is 4.57 Å². The molecule has 0 fully saturated rings. The van der Waals surface area contributed by atoms with Gasteiger partial charge in [-0.15, -0.1) is 0 Å². The lowest BCUT2D eigenvalue weighted by Crippen LogP contribution is -2.40. The van der Waals surface area contributed by atoms with Gasteiger partial charge in [0.25, 0.3) is 5.56 Å². The van der Waals surface area contributed by atoms with E-state index < -0.39 is 11.2 Å². The minimum absolute atomic E-state index is 0.112. The van der Waals surface area contributed by atoms with Gasteiger partial charge in [0, 0.05) is 12.2 Å². The normalized spacial score (nSPS) is 10.9. The summed E-state index contributed by atoms with van der Waals surface area (Å²) in [7, 11) is 0. The van der Waals surface area contributed by atoms with Crippen molar-refractivity contribution in [2.24, 2.45) is 0 Å². The average molecular weight is 561 g/mol. The van der Waals surface area contributed by atoms with Crippen molar-refractivity contribution in [2.45, 2.75) is 33.2 Å². The number of hydrogen-bond donors (Lipinski definition) is 2. The van der Waals surface area contributed by atoms with E-state index in [-0.39, 0.29) is 24.8 Å². The first kappa shape index (κ1) is 28.3. The van der Waals surface area contributed by atoms with E-state index in [0.29, 0.717) is 28.8 Å². The molecule has 0 aliphatic carbocycles. The Morgan fingerprint density at radius 3 is 2.19 bits per heavy atom. The van der Waals surface area contributed by atoms with Crippen LogP contribution in [0.25, 0.3) is 16.6 Å². The highest BCUT2D eigenvalue weighted by Crippen LogP contribution is 2.15. The number of fused-ring (bicyclic) bond motifs is 1. The number of aromatic nitrogens is 2. The summed E-state index contributed by atoms with van der Waals surface area (Å²) in [6.07, 6.45) is 0.913. The summed E-state index contributed by atoms with van der Waals surface area (Å²) in [4.78, 5) is 52.6. The van der Waals surface area contributed by atoms with Crippen LogP contribution in [0.4, 0.5) is 5.69 Å². The Morgan fingerprint density at radius 1 is 0.738 bits per heavy atom. The maximum atomic E-state index is 13.7. The summed E-state index contributed by atoms with van der Waals surface area (Å²) in [5.41, 5.74) is 4.31. The maximum Gasteiger partial charge on any atom is 0.336 e. The third-order valence-electron chi connectivity index (χ3n) is 7.28. The van der Waals surface area contributed by atoms with Crippen LogP contribution in [0, 0.1) is 13.8 Å². The largest absolute Gasteiger partial charge is 0.355 e. The van der Waals surface area contributed by atoms with Gasteiger partial charge in [-0.1, -0.05) is 60.7 Å². The van der Waals surface area contributed by atoms with Gasteiger partial charge in [-0.05, 0) is 78.9 Å². The number of benzene rings is 4. The minimum Gasteiger partial charge on any atom is -0.355 e. The van der Waals surface area contributed by atoms with E-state index in [4.69, 9.17) is 0 Å². The highest BCUT2D eigenvalue weighted by Gasteiger charge is 2.17. The predicted octanol–water partition coefficient (Wildman–Crippen LogP) is 4.31. The molecule has 0 radical (unpaired) electrons. The maximum absolute atomic E-state index is 13.7. The smallest absolute Gasteiger partial charge is 0.336 e. The summed E-state index contributed by atoms with van der Waals surface area (Å²) in [6, 6.07) is 29.0. The Labute approximate surface area is 243 Å². The van der Waals surface area contributed by atoms with E-state index in [1.807, 2.05) is 62.4 Å². The molecule has 0 aliphatic heterocycles. The Kier molecular flexibility index (Phi) is 8.43. The van der Waals surface area contributed by atoms with Gasteiger partial charge in [0.2, 0.25) is 11.8 Å². The molecule has 0 unspecified atom stereocenters. The number of carbonyl (C=O) groups excluding carboxylic acids is 2. The average Bonchev–Trinajstić information content (AvgIpc) is 2.99. The van der Waals surface area contributed by atoms with E-state index >= 15 is 0 Å². The quantitative estimate of drug-likeness (QED) is 0.281. The van der Waals surface area contributed by atoms with E-state index in [1.54, 1.807) is 48.5 Å². The molecule has 8 heteroatoms. The standard InChI is InChI=1S/C34H32N4O4/c1-23-12-15-27(20-24(23)2)36-32(40)22-37-30-11-7-6-10-29(30)33(41)38(34(37)42)28-16-13-26(14-17-28)21-31(39)35-19-18-25-8-4-3-5-9-25/h3-17,20H,18-19,21-22H2,1-2H3,(H,35,39)(H,36,40). The fraction of sp³-hybridized carbons (Fsp3) is 0.176. The second kappa shape index (κ2) is 12.5. The molecule has 42 heavy (non-hydrogen) atoms. The molecule has 1 aromatic heterocycles. The summed E-state index contributed by atoms with van der Waals surface area (Å²) in [6.45, 7) is 4.21. The van der Waals surface area contributed by atoms with Gasteiger partial charge in [-0.25, -0.2) is 9.36 Å². The molecule has 8 nitrogen and oxygen atoms in total. The summed E-state index contributed by atoms with van der Waals surface area (Å²) >= 11 is 0. The lowest BCUT2D eigenvalue weighted by atomic mass is 10.1. The molecule has 5 aromatic rings. The van der Waals surface area contributed by atoms with Crippen LogP contribution in [-0.2, 0) is 29.0 Å². The van der Waals surface area contributed by atoms with Crippen LogP contribution in [0.3, 0.4) is 0 Å². The lowest BCUT2D eigenvalue weighted by molar-refractivity contribution is -0.120. The molecule has 212 valence electrons. The Hall–Kier alpha value is -5.24. The molecule has 0 aliphatic rings. The van der Waals surface area contributed by atoms with Crippen LogP contribution < -0.4 is 21.9 Å². The van der Waals surface area contributed by atoms with Gasteiger partial charge >= 0.3 is 5.69 Å². The molecule has 0 atom stereocenters. The summed E-state index contributed by atoms with van der Waals surface area (Å²) in [5, 5.41) is 6.09. The number of nitrogens with zero attached hydrogens (tertiary/aromatic N) is 2. The van der Waals surface area contributed by atoms with Gasteiger partial charge in [-0.2, -0.15) is 0 Å². The molecule has 5 rings (SSSR count). The number of rotatable bonds is 9. The zero-order valence-electron chi connectivity index (χ0n) is 23.6. The Balaban J connectivity index is 1.36. The number of amides is 2. The van der Waals surface area contributed by atoms with Crippen molar-refractivity contribution in [3.63, 3.8) is 0 Å². The fourth-order valence-corrected chi connectivity index (χ4v) is 4.87. The van der Waals surface area contributed by atoms with Crippen molar-refractivity contribution in [1.82, 2.24) is 14.5 Å². The number of hydrogen-bond acceptors (Lipinski definition) is 4. The first-order chi connectivity index (χ1) is 20.3. The van der Waals surface area contributed by atoms with Crippen LogP contribution in [-0.4, -0.2) is 27.5 Å². The highest BCUT2D eigenvalue weighted by molar-refractivity contribution is 5.91. The Morgan fingerprint density at radius 2 is 1.45 bits per heavy atom. The van der Waals surface area contributed by atoms with Crippen LogP contribution >= 0.6 is 0 Å². The SMILES string of the molecule is Cc1ccc(NC(=O)Cn2c(=O)n(-c3ccc(CC(=O)NCCc4ccccc4)cc3)c(=O)c3ccccc32)cc1C. The third kappa shape index (κ3) is 6.39. The lowest BCUT2D eigenvalue weighted by Gasteiger charge is -2.15. The topological polar surface area (TPSA) is 102 Å². The van der Waals surface area contributed by atoms with E-state index in [0.717, 1.165) is 33.2 Å². The molecule has 1 heterocycles. The van der Waals surface area contributed by atoms with Gasteiger partial charge in [-0.3, -0.25) is 19.0 Å². The van der Waals surface area contributed by atoms with Crippen LogP contribution in [0.5, 0.6) is 0 Å². The molecule has 0 bridgehead atoms. The van der Waals surface area contributed by atoms with Gasteiger partial charge in [0.15, 0.2) is 0 Å². The van der Waals surface area contributed by atoms with Crippen molar-refractivity contribution in [3.05, 3.63) is 140 Å². The van der Waals surface area contributed by atoms with Gasteiger partial charge < -0.3 is 10.6 Å². The van der Waals surface area contributed by atoms with Crippen LogP contribution in [0.1, 0.15) is 22.3 Å². The van der Waals surface area contributed by atoms with Crippen molar-refractivity contribution in [1.29, 1.82) is 0 Å². The fourth-order valence-electron chi connectivity index (χ4n) is 4.87. The Bertz CT molecular complexity index is 1870. The molecule has 0 saturated carbocycles. The number of aryl methyl sites for hydroxylation is 2. The van der Waals surface area contributed by atoms with Crippen LogP contribution in [0.15, 0.2) is 107 Å². The van der Waals surface area contributed by atoms with Crippen molar-refractivity contribution < 1.29 is 9.59 Å². The number of carbonyl (C=O) groups is 2. The second-order valence-corrected chi connectivity index (χ2v) is 10.3. The second-order valence-electron chi connectivity index (χ2n) is 10.3. The first-order valence-corrected chi connectivity index (χ1v) is 13.8. The number of para-hydroxylation sites is 1. The van der Waals surface area contributed by atoms with Gasteiger partial charge in [0.05, 0.1) is 23.0 Å². The molecule has 0 saturated heterocycles. The predicted molar refractivity (Wildman–Crippen MR) is 165 cm³/mol. The third-order valence-corrected chi connectivity index (χ3v) is 7.28. The van der Waals surface area contributed by atoms with Gasteiger partial charge in [0.1, 0.15) is 6.54 Å². The molecule has 4 aromatic carbocycles. The van der Waals surface area contributed by atoms with E-state index in [9.17, 15) is 19.2 Å². The zero-order chi connectivity index (χ0) is 29.6. The molecule has 0 spiro atoms. The molecule has 2 amide bonds. The highest BCUT2D eigenvalue weighted by atomic mass is 16.2. The molecular weight excluding hydrogens is 528 g/mol. The van der Waals surface area contributed by atoms with Crippen molar-refractivity contribution in [3.8, 4) is 5.69 Å². The molecular formula is C34H32N4O4. The van der Waals surface area contributed by atoms with Crippen molar-refractivity contribution >= 4 is 28.4 Å². The summed E-state index contributed by atoms with van der Waals surface area (Å²) in [5.74, 6) is -0.497. The van der Waals surface area contributed by atoms with E-state index in [2.05, 4.69) is 10.6 Å². The minimum atomic E-state index is -0.625. The monoisotopic (exact) mass is 560 g/mol. The zero-order valence-corrected chi connectivity index (χ0v) is 23.6. The number of anilines is 1. The number of nitrogens with one attached hydrogen (secondary N) is 2. The summed E-state index contributed by atoms with van der Waals surface area (Å²) < 4.78 is 2.37.